The minimum Gasteiger partial charge on any atom is -0.491 e. The van der Waals surface area contributed by atoms with Gasteiger partial charge in [-0.05, 0) is 74.9 Å². The van der Waals surface area contributed by atoms with Crippen molar-refractivity contribution in [3.05, 3.63) is 84.9 Å². The molecule has 0 aliphatic carbocycles. The topological polar surface area (TPSA) is 46.2 Å². The Hall–Kier alpha value is -2.35. The summed E-state index contributed by atoms with van der Waals surface area (Å²) in [5, 5.41) is 0. The van der Waals surface area contributed by atoms with Crippen LogP contribution < -0.4 is 4.74 Å². The molecule has 0 amide bonds. The van der Waals surface area contributed by atoms with Crippen LogP contribution in [-0.2, 0) is 29.8 Å². The fraction of sp³-hybridized carbons (Fsp3) is 0.419. The van der Waals surface area contributed by atoms with Crippen LogP contribution in [0, 0.1) is 0 Å². The Bertz CT molecular complexity index is 1010. The summed E-state index contributed by atoms with van der Waals surface area (Å²) >= 11 is 0. The largest absolute Gasteiger partial charge is 0.491 e. The lowest BCUT2D eigenvalue weighted by atomic mass is 10.2. The van der Waals surface area contributed by atoms with Gasteiger partial charge >= 0.3 is 0 Å². The molecular formula is C31H37O5S+. The zero-order valence-corrected chi connectivity index (χ0v) is 22.2. The van der Waals surface area contributed by atoms with E-state index in [2.05, 4.69) is 78.9 Å². The molecule has 0 aromatic heterocycles. The molecule has 5 nitrogen and oxygen atoms in total. The monoisotopic (exact) mass is 521 g/mol. The maximum absolute atomic E-state index is 6.32. The van der Waals surface area contributed by atoms with E-state index >= 15 is 0 Å². The fourth-order valence-corrected chi connectivity index (χ4v) is 6.74. The second-order valence-corrected chi connectivity index (χ2v) is 11.4. The Kier molecular flexibility index (Phi) is 9.93. The maximum atomic E-state index is 6.32. The third-order valence-electron chi connectivity index (χ3n) is 6.52. The first kappa shape index (κ1) is 26.3. The molecule has 2 saturated heterocycles. The van der Waals surface area contributed by atoms with Crippen LogP contribution in [0.15, 0.2) is 99.6 Å². The van der Waals surface area contributed by atoms with Crippen molar-refractivity contribution < 1.29 is 23.7 Å². The van der Waals surface area contributed by atoms with Crippen LogP contribution in [0.3, 0.4) is 0 Å². The first-order valence-corrected chi connectivity index (χ1v) is 14.7. The summed E-state index contributed by atoms with van der Waals surface area (Å²) in [6.45, 7) is 2.31. The third-order valence-corrected chi connectivity index (χ3v) is 8.74. The summed E-state index contributed by atoms with van der Waals surface area (Å²) in [5.74, 6) is 0.828. The summed E-state index contributed by atoms with van der Waals surface area (Å²) in [7, 11) is -0.224. The normalized spacial score (nSPS) is 21.0. The highest BCUT2D eigenvalue weighted by Gasteiger charge is 2.29. The molecule has 0 N–H and O–H groups in total. The predicted octanol–water partition coefficient (Wildman–Crippen LogP) is 6.62. The van der Waals surface area contributed by atoms with Crippen molar-refractivity contribution in [1.29, 1.82) is 0 Å². The maximum Gasteiger partial charge on any atom is 0.170 e. The van der Waals surface area contributed by atoms with Crippen LogP contribution in [-0.4, -0.2) is 45.1 Å². The van der Waals surface area contributed by atoms with Crippen molar-refractivity contribution in [3.8, 4) is 5.75 Å². The quantitative estimate of drug-likeness (QED) is 0.266. The van der Waals surface area contributed by atoms with Crippen molar-refractivity contribution in [3.63, 3.8) is 0 Å². The fourth-order valence-electron chi connectivity index (χ4n) is 4.62. The van der Waals surface area contributed by atoms with Gasteiger partial charge in [-0.2, -0.15) is 0 Å². The van der Waals surface area contributed by atoms with Crippen LogP contribution in [0.2, 0.25) is 0 Å². The van der Waals surface area contributed by atoms with E-state index in [1.807, 2.05) is 6.07 Å². The van der Waals surface area contributed by atoms with Gasteiger partial charge in [-0.3, -0.25) is 0 Å². The van der Waals surface area contributed by atoms with Gasteiger partial charge in [-0.1, -0.05) is 42.5 Å². The predicted molar refractivity (Wildman–Crippen MR) is 145 cm³/mol. The molecule has 0 bridgehead atoms. The van der Waals surface area contributed by atoms with E-state index in [1.54, 1.807) is 0 Å². The van der Waals surface area contributed by atoms with Gasteiger partial charge in [0, 0.05) is 19.3 Å². The van der Waals surface area contributed by atoms with Crippen molar-refractivity contribution in [1.82, 2.24) is 0 Å². The van der Waals surface area contributed by atoms with Gasteiger partial charge in [-0.15, -0.1) is 0 Å². The van der Waals surface area contributed by atoms with E-state index in [9.17, 15) is 0 Å². The number of hydrogen-bond donors (Lipinski definition) is 0. The molecule has 3 aromatic carbocycles. The minimum atomic E-state index is -0.237. The summed E-state index contributed by atoms with van der Waals surface area (Å²) in [6.07, 6.45) is 5.68. The summed E-state index contributed by atoms with van der Waals surface area (Å²) < 4.78 is 30.3. The van der Waals surface area contributed by atoms with Crippen LogP contribution in [0.1, 0.15) is 38.5 Å². The van der Waals surface area contributed by atoms with Gasteiger partial charge in [0.2, 0.25) is 0 Å². The molecule has 2 fully saturated rings. The highest BCUT2D eigenvalue weighted by Crippen LogP contribution is 2.32. The van der Waals surface area contributed by atoms with Crippen LogP contribution >= 0.6 is 0 Å². The Morgan fingerprint density at radius 2 is 1.30 bits per heavy atom. The summed E-state index contributed by atoms with van der Waals surface area (Å²) in [5.41, 5.74) is 0. The Labute approximate surface area is 223 Å². The minimum absolute atomic E-state index is 0.158. The van der Waals surface area contributed by atoms with E-state index < -0.39 is 0 Å². The highest BCUT2D eigenvalue weighted by atomic mass is 32.2. The molecule has 3 atom stereocenters. The Morgan fingerprint density at radius 1 is 0.676 bits per heavy atom. The second kappa shape index (κ2) is 14.0. The SMILES string of the molecule is c1ccc([S+](c2ccccc2)c2cccc(OCC(COC3CCCCO3)OC3CCCCO3)c2)cc1. The van der Waals surface area contributed by atoms with Crippen molar-refractivity contribution in [2.24, 2.45) is 0 Å². The molecule has 5 rings (SSSR count). The van der Waals surface area contributed by atoms with Crippen molar-refractivity contribution in [2.45, 2.75) is 71.9 Å². The number of ether oxygens (including phenoxy) is 5. The summed E-state index contributed by atoms with van der Waals surface area (Å²) in [6, 6.07) is 29.7. The van der Waals surface area contributed by atoms with Gasteiger partial charge in [-0.25, -0.2) is 0 Å². The van der Waals surface area contributed by atoms with E-state index in [0.29, 0.717) is 13.2 Å². The molecule has 2 heterocycles. The molecule has 37 heavy (non-hydrogen) atoms. The molecule has 0 spiro atoms. The first-order valence-electron chi connectivity index (χ1n) is 13.4. The lowest BCUT2D eigenvalue weighted by molar-refractivity contribution is -0.227. The van der Waals surface area contributed by atoms with Gasteiger partial charge in [0.15, 0.2) is 27.3 Å². The van der Waals surface area contributed by atoms with Crippen LogP contribution in [0.5, 0.6) is 5.75 Å². The molecular weight excluding hydrogens is 484 g/mol. The lowest BCUT2D eigenvalue weighted by Crippen LogP contribution is -2.36. The zero-order valence-electron chi connectivity index (χ0n) is 21.3. The van der Waals surface area contributed by atoms with Gasteiger partial charge in [0.05, 0.1) is 17.5 Å². The molecule has 6 heteroatoms. The first-order chi connectivity index (χ1) is 18.3. The van der Waals surface area contributed by atoms with Gasteiger partial charge < -0.3 is 23.7 Å². The number of benzene rings is 3. The average molecular weight is 522 g/mol. The van der Waals surface area contributed by atoms with Crippen LogP contribution in [0.4, 0.5) is 0 Å². The molecule has 2 aliphatic heterocycles. The van der Waals surface area contributed by atoms with Crippen LogP contribution in [0.25, 0.3) is 0 Å². The average Bonchev–Trinajstić information content (AvgIpc) is 2.97. The molecule has 3 aromatic rings. The Balaban J connectivity index is 1.28. The van der Waals surface area contributed by atoms with Gasteiger partial charge in [0.1, 0.15) is 18.5 Å². The van der Waals surface area contributed by atoms with E-state index in [1.165, 1.54) is 14.7 Å². The molecule has 2 aliphatic rings. The number of hydrogen-bond acceptors (Lipinski definition) is 5. The van der Waals surface area contributed by atoms with Crippen molar-refractivity contribution in [2.75, 3.05) is 26.4 Å². The van der Waals surface area contributed by atoms with E-state index in [0.717, 1.165) is 57.5 Å². The van der Waals surface area contributed by atoms with E-state index in [4.69, 9.17) is 23.7 Å². The zero-order chi connectivity index (χ0) is 25.1. The van der Waals surface area contributed by atoms with Crippen molar-refractivity contribution >= 4 is 10.9 Å². The molecule has 3 unspecified atom stereocenters. The number of rotatable bonds is 11. The van der Waals surface area contributed by atoms with Gasteiger partial charge in [0.25, 0.3) is 0 Å². The Morgan fingerprint density at radius 3 is 1.92 bits per heavy atom. The smallest absolute Gasteiger partial charge is 0.170 e. The van der Waals surface area contributed by atoms with E-state index in [-0.39, 0.29) is 29.6 Å². The third kappa shape index (κ3) is 7.82. The molecule has 0 radical (unpaired) electrons. The summed E-state index contributed by atoms with van der Waals surface area (Å²) in [4.78, 5) is 3.78. The molecule has 0 saturated carbocycles. The molecule has 196 valence electrons. The standard InChI is InChI=1S/C31H37O5S/c1-3-13-27(14-4-1)37(28-15-5-2-6-16-28)29-17-11-12-25(22-29)34-23-26(36-31-19-8-10-21-33-31)24-35-30-18-7-9-20-32-30/h1-6,11-17,22,26,30-31H,7-10,18-21,23-24H2/q+1. The highest BCUT2D eigenvalue weighted by molar-refractivity contribution is 7.97. The lowest BCUT2D eigenvalue weighted by Gasteiger charge is -2.29. The second-order valence-electron chi connectivity index (χ2n) is 9.40.